The van der Waals surface area contributed by atoms with E-state index < -0.39 is 0 Å². The molecule has 2 heteroatoms. The molecule has 1 saturated carbocycles. The third-order valence-electron chi connectivity index (χ3n) is 2.78. The zero-order valence-corrected chi connectivity index (χ0v) is 9.77. The van der Waals surface area contributed by atoms with Gasteiger partial charge >= 0.3 is 0 Å². The normalized spacial score (nSPS) is 20.6. The standard InChI is InChI=1S/C12H22OS/c1-2-3-7-11(13)10-14-12-8-5-4-6-9-12/h2,11-13H,1,3-10H2. The van der Waals surface area contributed by atoms with E-state index in [2.05, 4.69) is 6.58 Å². The van der Waals surface area contributed by atoms with Gasteiger partial charge in [0, 0.05) is 11.0 Å². The molecule has 0 heterocycles. The second-order valence-electron chi connectivity index (χ2n) is 4.11. The highest BCUT2D eigenvalue weighted by Gasteiger charge is 2.15. The molecular weight excluding hydrogens is 192 g/mol. The number of aliphatic hydroxyl groups excluding tert-OH is 1. The van der Waals surface area contributed by atoms with Crippen molar-refractivity contribution in [3.8, 4) is 0 Å². The van der Waals surface area contributed by atoms with Crippen molar-refractivity contribution in [3.63, 3.8) is 0 Å². The summed E-state index contributed by atoms with van der Waals surface area (Å²) in [4.78, 5) is 0. The van der Waals surface area contributed by atoms with Gasteiger partial charge in [0.25, 0.3) is 0 Å². The molecule has 0 aromatic rings. The molecule has 1 aliphatic carbocycles. The van der Waals surface area contributed by atoms with Crippen LogP contribution in [0.3, 0.4) is 0 Å². The molecule has 0 aromatic carbocycles. The second kappa shape index (κ2) is 7.36. The third kappa shape index (κ3) is 5.06. The fourth-order valence-corrected chi connectivity index (χ4v) is 3.20. The molecule has 82 valence electrons. The Morgan fingerprint density at radius 1 is 1.36 bits per heavy atom. The smallest absolute Gasteiger partial charge is 0.0633 e. The number of hydrogen-bond acceptors (Lipinski definition) is 2. The Bertz CT molecular complexity index is 152. The van der Waals surface area contributed by atoms with Crippen LogP contribution in [0.2, 0.25) is 0 Å². The topological polar surface area (TPSA) is 20.2 Å². The van der Waals surface area contributed by atoms with Gasteiger partial charge in [-0.15, -0.1) is 6.58 Å². The van der Waals surface area contributed by atoms with E-state index in [4.69, 9.17) is 0 Å². The highest BCUT2D eigenvalue weighted by molar-refractivity contribution is 7.99. The molecule has 0 aromatic heterocycles. The third-order valence-corrected chi connectivity index (χ3v) is 4.30. The van der Waals surface area contributed by atoms with Crippen molar-refractivity contribution in [1.29, 1.82) is 0 Å². The molecule has 0 saturated heterocycles. The Balaban J connectivity index is 2.03. The maximum Gasteiger partial charge on any atom is 0.0633 e. The molecule has 1 atom stereocenters. The molecule has 0 amide bonds. The minimum atomic E-state index is -0.125. The molecule has 1 nitrogen and oxygen atoms in total. The van der Waals surface area contributed by atoms with E-state index in [1.807, 2.05) is 17.8 Å². The molecule has 0 aliphatic heterocycles. The van der Waals surface area contributed by atoms with E-state index in [1.165, 1.54) is 32.1 Å². The first-order chi connectivity index (χ1) is 6.83. The maximum atomic E-state index is 9.64. The molecule has 0 radical (unpaired) electrons. The van der Waals surface area contributed by atoms with Crippen LogP contribution >= 0.6 is 11.8 Å². The Labute approximate surface area is 92.0 Å². The van der Waals surface area contributed by atoms with Crippen molar-refractivity contribution in [1.82, 2.24) is 0 Å². The summed E-state index contributed by atoms with van der Waals surface area (Å²) in [5, 5.41) is 10.5. The minimum Gasteiger partial charge on any atom is -0.392 e. The molecule has 1 N–H and O–H groups in total. The van der Waals surface area contributed by atoms with Crippen LogP contribution in [0.25, 0.3) is 0 Å². The summed E-state index contributed by atoms with van der Waals surface area (Å²) in [7, 11) is 0. The maximum absolute atomic E-state index is 9.64. The van der Waals surface area contributed by atoms with Crippen LogP contribution in [0.1, 0.15) is 44.9 Å². The molecule has 1 aliphatic rings. The lowest BCUT2D eigenvalue weighted by molar-refractivity contribution is 0.190. The molecule has 1 rings (SSSR count). The van der Waals surface area contributed by atoms with Crippen molar-refractivity contribution in [2.75, 3.05) is 5.75 Å². The lowest BCUT2D eigenvalue weighted by Crippen LogP contribution is -2.15. The quantitative estimate of drug-likeness (QED) is 0.684. The Kier molecular flexibility index (Phi) is 6.37. The summed E-state index contributed by atoms with van der Waals surface area (Å²) in [5.41, 5.74) is 0. The first kappa shape index (κ1) is 12.1. The fourth-order valence-electron chi connectivity index (χ4n) is 1.87. The van der Waals surface area contributed by atoms with E-state index in [-0.39, 0.29) is 6.10 Å². The zero-order valence-electron chi connectivity index (χ0n) is 8.95. The van der Waals surface area contributed by atoms with Crippen LogP contribution in [0.15, 0.2) is 12.7 Å². The van der Waals surface area contributed by atoms with Crippen LogP contribution < -0.4 is 0 Å². The van der Waals surface area contributed by atoms with Gasteiger partial charge in [-0.2, -0.15) is 11.8 Å². The number of allylic oxidation sites excluding steroid dienone is 1. The van der Waals surface area contributed by atoms with Gasteiger partial charge in [-0.05, 0) is 25.7 Å². The minimum absolute atomic E-state index is 0.125. The summed E-state index contributed by atoms with van der Waals surface area (Å²) in [5.74, 6) is 0.915. The molecule has 1 fully saturated rings. The van der Waals surface area contributed by atoms with E-state index >= 15 is 0 Å². The van der Waals surface area contributed by atoms with Gasteiger partial charge in [-0.1, -0.05) is 25.3 Å². The SMILES string of the molecule is C=CCCC(O)CSC1CCCCC1. The Morgan fingerprint density at radius 3 is 2.71 bits per heavy atom. The van der Waals surface area contributed by atoms with Gasteiger partial charge < -0.3 is 5.11 Å². The fraction of sp³-hybridized carbons (Fsp3) is 0.833. The first-order valence-electron chi connectivity index (χ1n) is 5.73. The second-order valence-corrected chi connectivity index (χ2v) is 5.45. The van der Waals surface area contributed by atoms with Crippen molar-refractivity contribution in [2.24, 2.45) is 0 Å². The number of thioether (sulfide) groups is 1. The van der Waals surface area contributed by atoms with Crippen molar-refractivity contribution in [3.05, 3.63) is 12.7 Å². The lowest BCUT2D eigenvalue weighted by atomic mass is 10.0. The van der Waals surface area contributed by atoms with Crippen LogP contribution in [0.4, 0.5) is 0 Å². The van der Waals surface area contributed by atoms with E-state index in [9.17, 15) is 5.11 Å². The van der Waals surface area contributed by atoms with Gasteiger partial charge in [0.2, 0.25) is 0 Å². The van der Waals surface area contributed by atoms with Crippen LogP contribution in [0, 0.1) is 0 Å². The Hall–Kier alpha value is 0.0500. The first-order valence-corrected chi connectivity index (χ1v) is 6.78. The van der Waals surface area contributed by atoms with Crippen molar-refractivity contribution < 1.29 is 5.11 Å². The summed E-state index contributed by atoms with van der Waals surface area (Å²) < 4.78 is 0. The van der Waals surface area contributed by atoms with Crippen LogP contribution in [-0.4, -0.2) is 22.2 Å². The molecule has 0 bridgehead atoms. The lowest BCUT2D eigenvalue weighted by Gasteiger charge is -2.22. The van der Waals surface area contributed by atoms with Gasteiger partial charge in [0.1, 0.15) is 0 Å². The number of aliphatic hydroxyl groups is 1. The summed E-state index contributed by atoms with van der Waals surface area (Å²) >= 11 is 1.97. The van der Waals surface area contributed by atoms with E-state index in [0.717, 1.165) is 23.8 Å². The predicted octanol–water partition coefficient (Wildman–Crippen LogP) is 3.38. The van der Waals surface area contributed by atoms with Crippen LogP contribution in [-0.2, 0) is 0 Å². The van der Waals surface area contributed by atoms with E-state index in [1.54, 1.807) is 0 Å². The zero-order chi connectivity index (χ0) is 10.2. The summed E-state index contributed by atoms with van der Waals surface area (Å²) in [6.45, 7) is 3.66. The largest absolute Gasteiger partial charge is 0.392 e. The van der Waals surface area contributed by atoms with Crippen molar-refractivity contribution in [2.45, 2.75) is 56.3 Å². The predicted molar refractivity (Wildman–Crippen MR) is 64.8 cm³/mol. The van der Waals surface area contributed by atoms with Crippen LogP contribution in [0.5, 0.6) is 0 Å². The van der Waals surface area contributed by atoms with Gasteiger partial charge in [0.05, 0.1) is 6.10 Å². The van der Waals surface area contributed by atoms with Gasteiger partial charge in [0.15, 0.2) is 0 Å². The number of hydrogen-bond donors (Lipinski definition) is 1. The Morgan fingerprint density at radius 2 is 2.07 bits per heavy atom. The molecule has 1 unspecified atom stereocenters. The molecule has 14 heavy (non-hydrogen) atoms. The highest BCUT2D eigenvalue weighted by atomic mass is 32.2. The summed E-state index contributed by atoms with van der Waals surface area (Å²) in [6, 6.07) is 0. The average molecular weight is 214 g/mol. The van der Waals surface area contributed by atoms with Gasteiger partial charge in [-0.3, -0.25) is 0 Å². The highest BCUT2D eigenvalue weighted by Crippen LogP contribution is 2.28. The van der Waals surface area contributed by atoms with E-state index in [0.29, 0.717) is 0 Å². The number of rotatable bonds is 6. The average Bonchev–Trinajstić information content (AvgIpc) is 2.25. The monoisotopic (exact) mass is 214 g/mol. The molecule has 0 spiro atoms. The van der Waals surface area contributed by atoms with Crippen molar-refractivity contribution >= 4 is 11.8 Å². The summed E-state index contributed by atoms with van der Waals surface area (Å²) in [6.07, 6.45) is 10.5. The molecular formula is C12H22OS. The van der Waals surface area contributed by atoms with Gasteiger partial charge in [-0.25, -0.2) is 0 Å².